The minimum Gasteiger partial charge on any atom is -0.343 e. The molecule has 0 aliphatic carbocycles. The van der Waals surface area contributed by atoms with Crippen LogP contribution in [-0.2, 0) is 6.54 Å². The Hall–Kier alpha value is -1.54. The molecule has 19 heavy (non-hydrogen) atoms. The number of rotatable bonds is 2. The SMILES string of the molecule is Cc1cccc(C)c1Cn1ccc2cc(Br)ccc21. The van der Waals surface area contributed by atoms with Crippen LogP contribution in [0.1, 0.15) is 16.7 Å². The predicted molar refractivity (Wildman–Crippen MR) is 84.7 cm³/mol. The maximum absolute atomic E-state index is 3.52. The van der Waals surface area contributed by atoms with E-state index in [4.69, 9.17) is 0 Å². The number of halogens is 1. The Balaban J connectivity index is 2.06. The zero-order chi connectivity index (χ0) is 13.4. The number of hydrogen-bond acceptors (Lipinski definition) is 0. The average molecular weight is 314 g/mol. The van der Waals surface area contributed by atoms with E-state index in [1.807, 2.05) is 0 Å². The van der Waals surface area contributed by atoms with E-state index in [2.05, 4.69) is 83.0 Å². The van der Waals surface area contributed by atoms with Crippen molar-refractivity contribution in [2.45, 2.75) is 20.4 Å². The van der Waals surface area contributed by atoms with Crippen LogP contribution in [0.3, 0.4) is 0 Å². The molecule has 0 radical (unpaired) electrons. The Kier molecular flexibility index (Phi) is 3.19. The second kappa shape index (κ2) is 4.86. The minimum absolute atomic E-state index is 0.934. The van der Waals surface area contributed by atoms with Gasteiger partial charge in [-0.1, -0.05) is 34.1 Å². The first-order valence-electron chi connectivity index (χ1n) is 6.44. The molecule has 0 saturated carbocycles. The summed E-state index contributed by atoms with van der Waals surface area (Å²) in [5, 5.41) is 1.28. The molecule has 3 aromatic rings. The highest BCUT2D eigenvalue weighted by atomic mass is 79.9. The first-order valence-corrected chi connectivity index (χ1v) is 7.24. The lowest BCUT2D eigenvalue weighted by molar-refractivity contribution is 0.823. The Bertz CT molecular complexity index is 720. The van der Waals surface area contributed by atoms with Crippen molar-refractivity contribution >= 4 is 26.8 Å². The predicted octanol–water partition coefficient (Wildman–Crippen LogP) is 5.07. The van der Waals surface area contributed by atoms with Crippen LogP contribution in [0, 0.1) is 13.8 Å². The molecule has 1 aromatic heterocycles. The molecule has 0 bridgehead atoms. The molecule has 0 N–H and O–H groups in total. The van der Waals surface area contributed by atoms with Gasteiger partial charge in [-0.25, -0.2) is 0 Å². The molecule has 1 heterocycles. The van der Waals surface area contributed by atoms with E-state index in [0.717, 1.165) is 11.0 Å². The van der Waals surface area contributed by atoms with Gasteiger partial charge in [0.25, 0.3) is 0 Å². The summed E-state index contributed by atoms with van der Waals surface area (Å²) >= 11 is 3.52. The van der Waals surface area contributed by atoms with Gasteiger partial charge in [-0.05, 0) is 54.8 Å². The monoisotopic (exact) mass is 313 g/mol. The number of aromatic nitrogens is 1. The van der Waals surface area contributed by atoms with Gasteiger partial charge in [-0.3, -0.25) is 0 Å². The number of aryl methyl sites for hydroxylation is 2. The summed E-state index contributed by atoms with van der Waals surface area (Å²) in [4.78, 5) is 0. The van der Waals surface area contributed by atoms with E-state index >= 15 is 0 Å². The quantitative estimate of drug-likeness (QED) is 0.622. The van der Waals surface area contributed by atoms with Gasteiger partial charge < -0.3 is 4.57 Å². The summed E-state index contributed by atoms with van der Waals surface area (Å²) in [5.74, 6) is 0. The van der Waals surface area contributed by atoms with Gasteiger partial charge in [0.05, 0.1) is 0 Å². The van der Waals surface area contributed by atoms with E-state index < -0.39 is 0 Å². The molecule has 0 aliphatic heterocycles. The molecule has 0 unspecified atom stereocenters. The maximum atomic E-state index is 3.52. The minimum atomic E-state index is 0.934. The lowest BCUT2D eigenvalue weighted by Crippen LogP contribution is -2.02. The van der Waals surface area contributed by atoms with E-state index in [1.165, 1.54) is 27.6 Å². The summed E-state index contributed by atoms with van der Waals surface area (Å²) in [6.45, 7) is 5.30. The smallest absolute Gasteiger partial charge is 0.0484 e. The molecule has 2 heteroatoms. The number of hydrogen-bond donors (Lipinski definition) is 0. The first kappa shape index (κ1) is 12.5. The topological polar surface area (TPSA) is 4.93 Å². The second-order valence-electron chi connectivity index (χ2n) is 5.02. The van der Waals surface area contributed by atoms with Crippen LogP contribution in [0.5, 0.6) is 0 Å². The molecule has 2 aromatic carbocycles. The van der Waals surface area contributed by atoms with Gasteiger partial charge in [0, 0.05) is 28.1 Å². The third-order valence-corrected chi connectivity index (χ3v) is 4.20. The van der Waals surface area contributed by atoms with Gasteiger partial charge >= 0.3 is 0 Å². The van der Waals surface area contributed by atoms with Crippen molar-refractivity contribution in [3.63, 3.8) is 0 Å². The first-order chi connectivity index (χ1) is 9.15. The fourth-order valence-electron chi connectivity index (χ4n) is 2.58. The van der Waals surface area contributed by atoms with Crippen LogP contribution in [0.2, 0.25) is 0 Å². The Morgan fingerprint density at radius 2 is 1.74 bits per heavy atom. The highest BCUT2D eigenvalue weighted by molar-refractivity contribution is 9.10. The summed E-state index contributed by atoms with van der Waals surface area (Å²) in [5.41, 5.74) is 5.42. The fourth-order valence-corrected chi connectivity index (χ4v) is 2.96. The second-order valence-corrected chi connectivity index (χ2v) is 5.93. The number of fused-ring (bicyclic) bond motifs is 1. The van der Waals surface area contributed by atoms with E-state index in [1.54, 1.807) is 0 Å². The maximum Gasteiger partial charge on any atom is 0.0484 e. The van der Waals surface area contributed by atoms with Crippen molar-refractivity contribution in [2.24, 2.45) is 0 Å². The summed E-state index contributed by atoms with van der Waals surface area (Å²) in [6, 6.07) is 15.1. The molecular formula is C17H16BrN. The number of nitrogens with zero attached hydrogens (tertiary/aromatic N) is 1. The Morgan fingerprint density at radius 1 is 1.00 bits per heavy atom. The third-order valence-electron chi connectivity index (χ3n) is 3.71. The molecule has 0 amide bonds. The third kappa shape index (κ3) is 2.33. The summed E-state index contributed by atoms with van der Waals surface area (Å²) in [6.07, 6.45) is 2.17. The van der Waals surface area contributed by atoms with Crippen LogP contribution in [0.25, 0.3) is 10.9 Å². The normalized spacial score (nSPS) is 11.1. The van der Waals surface area contributed by atoms with Crippen LogP contribution < -0.4 is 0 Å². The highest BCUT2D eigenvalue weighted by Crippen LogP contribution is 2.23. The van der Waals surface area contributed by atoms with Crippen LogP contribution in [0.15, 0.2) is 53.1 Å². The van der Waals surface area contributed by atoms with Crippen LogP contribution in [-0.4, -0.2) is 4.57 Å². The Labute approximate surface area is 122 Å². The molecule has 96 valence electrons. The van der Waals surface area contributed by atoms with E-state index in [0.29, 0.717) is 0 Å². The molecule has 1 nitrogen and oxygen atoms in total. The van der Waals surface area contributed by atoms with Crippen molar-refractivity contribution in [1.29, 1.82) is 0 Å². The summed E-state index contributed by atoms with van der Waals surface area (Å²) in [7, 11) is 0. The molecule has 3 rings (SSSR count). The van der Waals surface area contributed by atoms with E-state index in [-0.39, 0.29) is 0 Å². The van der Waals surface area contributed by atoms with Gasteiger partial charge in [-0.2, -0.15) is 0 Å². The largest absolute Gasteiger partial charge is 0.343 e. The van der Waals surface area contributed by atoms with E-state index in [9.17, 15) is 0 Å². The van der Waals surface area contributed by atoms with Gasteiger partial charge in [0.1, 0.15) is 0 Å². The highest BCUT2D eigenvalue weighted by Gasteiger charge is 2.06. The average Bonchev–Trinajstić information content (AvgIpc) is 2.76. The molecule has 0 aliphatic rings. The summed E-state index contributed by atoms with van der Waals surface area (Å²) < 4.78 is 3.45. The Morgan fingerprint density at radius 3 is 2.47 bits per heavy atom. The van der Waals surface area contributed by atoms with Crippen molar-refractivity contribution in [1.82, 2.24) is 4.57 Å². The fraction of sp³-hybridized carbons (Fsp3) is 0.176. The zero-order valence-electron chi connectivity index (χ0n) is 11.2. The van der Waals surface area contributed by atoms with Gasteiger partial charge in [0.15, 0.2) is 0 Å². The van der Waals surface area contributed by atoms with Crippen molar-refractivity contribution in [3.8, 4) is 0 Å². The number of benzene rings is 2. The van der Waals surface area contributed by atoms with Crippen molar-refractivity contribution < 1.29 is 0 Å². The molecule has 0 saturated heterocycles. The zero-order valence-corrected chi connectivity index (χ0v) is 12.7. The lowest BCUT2D eigenvalue weighted by Gasteiger charge is -2.12. The van der Waals surface area contributed by atoms with Crippen molar-refractivity contribution in [2.75, 3.05) is 0 Å². The van der Waals surface area contributed by atoms with Crippen LogP contribution >= 0.6 is 15.9 Å². The standard InChI is InChI=1S/C17H16BrN/c1-12-4-3-5-13(2)16(12)11-19-9-8-14-10-15(18)6-7-17(14)19/h3-10H,11H2,1-2H3. The molecule has 0 atom stereocenters. The van der Waals surface area contributed by atoms with Gasteiger partial charge in [0.2, 0.25) is 0 Å². The van der Waals surface area contributed by atoms with Gasteiger partial charge in [-0.15, -0.1) is 0 Å². The molecular weight excluding hydrogens is 298 g/mol. The molecule has 0 fully saturated rings. The molecule has 0 spiro atoms. The van der Waals surface area contributed by atoms with Crippen LogP contribution in [0.4, 0.5) is 0 Å². The van der Waals surface area contributed by atoms with Crippen molar-refractivity contribution in [3.05, 3.63) is 69.8 Å². The lowest BCUT2D eigenvalue weighted by atomic mass is 10.0.